The van der Waals surface area contributed by atoms with Crippen molar-refractivity contribution in [1.29, 1.82) is 0 Å². The molecule has 21 heteroatoms. The van der Waals surface area contributed by atoms with Gasteiger partial charge in [0.2, 0.25) is 23.5 Å². The SMILES string of the molecule is Cc1c(CNc2ncc([N+](=O)[O-])c(NCC3CCC(CO)CC3)n2)cccc1-c1cccc(CN)c1.Cc1c(CNc2ncc([N+](=O)[O-])c(NCC3CCC(CO)CC3)n2)cccc1-c1cccc(CNCCO)c1.OCCBr. The maximum atomic E-state index is 11.6. The number of benzene rings is 4. The van der Waals surface area contributed by atoms with E-state index in [-0.39, 0.29) is 49.4 Å². The Kier molecular flexibility index (Phi) is 25.2. The van der Waals surface area contributed by atoms with Crippen LogP contribution in [0.15, 0.2) is 97.3 Å². The Morgan fingerprint density at radius 3 is 1.41 bits per heavy atom. The van der Waals surface area contributed by atoms with Gasteiger partial charge in [0.1, 0.15) is 12.4 Å². The standard InChI is InChI=1S/C29H38N6O4.C27H34N6O3.C2H5BrO/c1-20-25(6-3-7-26(20)24-5-2-4-23(14-24)15-30-12-13-36)17-32-29-33-18-27(35(38)39)28(34-29)31-16-21-8-10-22(19-37)11-9-21;1-18-23(6-3-7-24(18)22-5-2-4-21(12-22)13-28)15-30-27-31-16-25(33(35)36)26(32-27)29-14-19-8-10-20(17-34)11-9-19;3-1-2-4/h2-7,14,18,21-22,30,36-37H,8-13,15-17,19H2,1H3,(H2,31,32,33,34);2-7,12,16,19-20,34H,8-11,13-15,17,28H2,1H3,(H2,29,30,31,32);4H,1-2H2. The summed E-state index contributed by atoms with van der Waals surface area (Å²) in [6.07, 6.45) is 10.4. The van der Waals surface area contributed by atoms with Crippen LogP contribution in [-0.2, 0) is 26.2 Å². The summed E-state index contributed by atoms with van der Waals surface area (Å²) in [5, 5.41) is 75.4. The van der Waals surface area contributed by atoms with E-state index in [1.54, 1.807) is 0 Å². The van der Waals surface area contributed by atoms with Crippen LogP contribution in [0.3, 0.4) is 0 Å². The monoisotopic (exact) mass is 1150 g/mol. The Morgan fingerprint density at radius 2 is 1.00 bits per heavy atom. The van der Waals surface area contributed by atoms with Gasteiger partial charge in [-0.25, -0.2) is 9.97 Å². The first-order chi connectivity index (χ1) is 38.4. The zero-order valence-electron chi connectivity index (χ0n) is 45.2. The van der Waals surface area contributed by atoms with Gasteiger partial charge in [0.15, 0.2) is 0 Å². The molecular formula is C58H77BrN12O8. The van der Waals surface area contributed by atoms with Crippen LogP contribution in [-0.4, -0.2) is 102 Å². The molecule has 0 amide bonds. The maximum Gasteiger partial charge on any atom is 0.329 e. The van der Waals surface area contributed by atoms with Crippen LogP contribution >= 0.6 is 15.9 Å². The minimum absolute atomic E-state index is 0.107. The van der Waals surface area contributed by atoms with Gasteiger partial charge in [0, 0.05) is 64.4 Å². The smallest absolute Gasteiger partial charge is 0.329 e. The molecule has 2 heterocycles. The van der Waals surface area contributed by atoms with Crippen molar-refractivity contribution in [2.24, 2.45) is 29.4 Å². The van der Waals surface area contributed by atoms with Crippen molar-refractivity contribution < 1.29 is 30.3 Å². The van der Waals surface area contributed by atoms with E-state index in [2.05, 4.69) is 119 Å². The number of anilines is 4. The number of nitro groups is 2. The molecule has 2 aromatic heterocycles. The van der Waals surface area contributed by atoms with Crippen molar-refractivity contribution in [3.05, 3.63) is 151 Å². The highest BCUT2D eigenvalue weighted by Gasteiger charge is 2.25. The third-order valence-electron chi connectivity index (χ3n) is 14.7. The number of nitrogens with one attached hydrogen (secondary N) is 5. The molecule has 8 rings (SSSR count). The van der Waals surface area contributed by atoms with Crippen molar-refractivity contribution in [3.63, 3.8) is 0 Å². The van der Waals surface area contributed by atoms with Crippen LogP contribution in [0.25, 0.3) is 22.3 Å². The van der Waals surface area contributed by atoms with Gasteiger partial charge in [-0.1, -0.05) is 88.7 Å². The summed E-state index contributed by atoms with van der Waals surface area (Å²) in [7, 11) is 0. The van der Waals surface area contributed by atoms with Crippen molar-refractivity contribution in [2.45, 2.75) is 91.4 Å². The molecule has 11 N–H and O–H groups in total. The summed E-state index contributed by atoms with van der Waals surface area (Å²) in [6.45, 7) is 8.86. The number of nitrogens with zero attached hydrogens (tertiary/aromatic N) is 6. The van der Waals surface area contributed by atoms with Crippen molar-refractivity contribution >= 4 is 50.8 Å². The fourth-order valence-corrected chi connectivity index (χ4v) is 9.92. The normalized spacial score (nSPS) is 16.8. The Bertz CT molecular complexity index is 2870. The number of hydrogen-bond donors (Lipinski definition) is 10. The molecule has 2 aliphatic rings. The van der Waals surface area contributed by atoms with Crippen LogP contribution in [0.1, 0.15) is 84.7 Å². The molecule has 2 saturated carbocycles. The van der Waals surface area contributed by atoms with Gasteiger partial charge in [0.25, 0.3) is 0 Å². The van der Waals surface area contributed by atoms with Crippen molar-refractivity contribution in [1.82, 2.24) is 25.3 Å². The highest BCUT2D eigenvalue weighted by atomic mass is 79.9. The lowest BCUT2D eigenvalue weighted by atomic mass is 9.82. The fourth-order valence-electron chi connectivity index (χ4n) is 9.92. The number of nitrogens with two attached hydrogens (primary N) is 1. The fraction of sp³-hybridized carbons (Fsp3) is 0.448. The molecule has 0 radical (unpaired) electrons. The minimum Gasteiger partial charge on any atom is -0.396 e. The third kappa shape index (κ3) is 18.7. The molecule has 4 aromatic carbocycles. The van der Waals surface area contributed by atoms with Gasteiger partial charge in [-0.15, -0.1) is 0 Å². The lowest BCUT2D eigenvalue weighted by molar-refractivity contribution is -0.384. The van der Waals surface area contributed by atoms with E-state index in [1.165, 1.54) is 12.4 Å². The van der Waals surface area contributed by atoms with E-state index in [4.69, 9.17) is 15.9 Å². The van der Waals surface area contributed by atoms with Gasteiger partial charge < -0.3 is 52.7 Å². The minimum atomic E-state index is -0.462. The summed E-state index contributed by atoms with van der Waals surface area (Å²) in [5.41, 5.74) is 16.7. The number of alkyl halides is 1. The first kappa shape index (κ1) is 61.5. The quantitative estimate of drug-likeness (QED) is 0.0117. The Morgan fingerprint density at radius 1 is 0.582 bits per heavy atom. The molecule has 79 heavy (non-hydrogen) atoms. The van der Waals surface area contributed by atoms with E-state index in [0.29, 0.717) is 86.7 Å². The number of halogens is 1. The molecule has 0 spiro atoms. The second-order valence-corrected chi connectivity index (χ2v) is 20.9. The largest absolute Gasteiger partial charge is 0.396 e. The van der Waals surface area contributed by atoms with Crippen LogP contribution in [0.4, 0.5) is 34.9 Å². The predicted molar refractivity (Wildman–Crippen MR) is 315 cm³/mol. The Balaban J connectivity index is 0.000000240. The molecule has 0 saturated heterocycles. The van der Waals surface area contributed by atoms with Gasteiger partial charge in [-0.3, -0.25) is 20.2 Å². The topological polar surface area (TPSA) is 305 Å². The van der Waals surface area contributed by atoms with Gasteiger partial charge in [-0.05, 0) is 157 Å². The zero-order valence-corrected chi connectivity index (χ0v) is 46.8. The summed E-state index contributed by atoms with van der Waals surface area (Å²) in [6, 6.07) is 28.9. The molecule has 0 atom stereocenters. The molecule has 2 fully saturated rings. The molecule has 6 aromatic rings. The molecule has 0 bridgehead atoms. The zero-order chi connectivity index (χ0) is 56.5. The molecular weight excluding hydrogens is 1070 g/mol. The van der Waals surface area contributed by atoms with E-state index in [9.17, 15) is 30.4 Å². The summed E-state index contributed by atoms with van der Waals surface area (Å²) < 4.78 is 0. The van der Waals surface area contributed by atoms with Gasteiger partial charge in [-0.2, -0.15) is 9.97 Å². The average Bonchev–Trinajstić information content (AvgIpc) is 3.50. The maximum absolute atomic E-state index is 11.6. The Labute approximate surface area is 471 Å². The first-order valence-corrected chi connectivity index (χ1v) is 28.2. The van der Waals surface area contributed by atoms with E-state index in [0.717, 1.165) is 107 Å². The lowest BCUT2D eigenvalue weighted by Crippen LogP contribution is -2.23. The summed E-state index contributed by atoms with van der Waals surface area (Å²) >= 11 is 3.00. The Hall–Kier alpha value is -6.72. The highest BCUT2D eigenvalue weighted by Crippen LogP contribution is 2.33. The van der Waals surface area contributed by atoms with Gasteiger partial charge >= 0.3 is 11.4 Å². The third-order valence-corrected chi connectivity index (χ3v) is 15.0. The number of hydrogen-bond acceptors (Lipinski definition) is 18. The number of aliphatic hydroxyl groups excluding tert-OH is 4. The van der Waals surface area contributed by atoms with E-state index >= 15 is 0 Å². The van der Waals surface area contributed by atoms with E-state index < -0.39 is 9.85 Å². The van der Waals surface area contributed by atoms with E-state index in [1.807, 2.05) is 42.5 Å². The number of rotatable bonds is 24. The van der Waals surface area contributed by atoms with Crippen LogP contribution in [0.5, 0.6) is 0 Å². The van der Waals surface area contributed by atoms with Crippen molar-refractivity contribution in [2.75, 3.05) is 72.7 Å². The molecule has 2 aliphatic carbocycles. The first-order valence-electron chi connectivity index (χ1n) is 27.1. The second-order valence-electron chi connectivity index (χ2n) is 20.1. The number of aromatic nitrogens is 4. The molecule has 0 unspecified atom stereocenters. The van der Waals surface area contributed by atoms with Crippen LogP contribution in [0, 0.1) is 57.7 Å². The van der Waals surface area contributed by atoms with Crippen molar-refractivity contribution in [3.8, 4) is 22.3 Å². The summed E-state index contributed by atoms with van der Waals surface area (Å²) in [5.74, 6) is 2.65. The average molecular weight is 1150 g/mol. The highest BCUT2D eigenvalue weighted by molar-refractivity contribution is 9.09. The van der Waals surface area contributed by atoms with Crippen LogP contribution in [0.2, 0.25) is 0 Å². The van der Waals surface area contributed by atoms with Crippen LogP contribution < -0.4 is 32.3 Å². The van der Waals surface area contributed by atoms with Gasteiger partial charge in [0.05, 0.1) is 23.1 Å². The second kappa shape index (κ2) is 32.4. The number of aliphatic hydroxyl groups is 4. The molecule has 0 aliphatic heterocycles. The predicted octanol–water partition coefficient (Wildman–Crippen LogP) is 9.28. The lowest BCUT2D eigenvalue weighted by Gasteiger charge is -2.27. The summed E-state index contributed by atoms with van der Waals surface area (Å²) in [4.78, 5) is 39.4. The molecule has 20 nitrogen and oxygen atoms in total. The molecule has 424 valence electrons.